The van der Waals surface area contributed by atoms with Gasteiger partial charge in [0.05, 0.1) is 12.7 Å². The van der Waals surface area contributed by atoms with Crippen LogP contribution in [0.1, 0.15) is 16.5 Å². The minimum atomic E-state index is -4.46. The molecule has 88 valence electrons. The van der Waals surface area contributed by atoms with Gasteiger partial charge in [0.1, 0.15) is 0 Å². The molecule has 0 aromatic heterocycles. The fraction of sp³-hybridized carbons (Fsp3) is 0.300. The van der Waals surface area contributed by atoms with Crippen molar-refractivity contribution in [1.82, 2.24) is 0 Å². The molecule has 0 aliphatic rings. The average Bonchev–Trinajstić information content (AvgIpc) is 2.26. The molecule has 0 spiro atoms. The van der Waals surface area contributed by atoms with Gasteiger partial charge in [-0.05, 0) is 17.7 Å². The summed E-state index contributed by atoms with van der Waals surface area (Å²) in [6, 6.07) is 4.26. The SMILES string of the molecule is COC(=O)[C@H](Cl)c1cccc(C(F)(F)F)c1. The Hall–Kier alpha value is -1.23. The van der Waals surface area contributed by atoms with Crippen LogP contribution in [0.4, 0.5) is 13.2 Å². The average molecular weight is 253 g/mol. The summed E-state index contributed by atoms with van der Waals surface area (Å²) >= 11 is 5.64. The number of rotatable bonds is 2. The molecule has 1 atom stereocenters. The summed E-state index contributed by atoms with van der Waals surface area (Å²) in [6.45, 7) is 0. The Morgan fingerprint density at radius 3 is 2.56 bits per heavy atom. The van der Waals surface area contributed by atoms with Crippen molar-refractivity contribution in [3.05, 3.63) is 35.4 Å². The number of carbonyl (C=O) groups is 1. The van der Waals surface area contributed by atoms with E-state index in [0.29, 0.717) is 0 Å². The van der Waals surface area contributed by atoms with Gasteiger partial charge in [-0.2, -0.15) is 13.2 Å². The first-order valence-electron chi connectivity index (χ1n) is 4.25. The maximum atomic E-state index is 12.4. The van der Waals surface area contributed by atoms with Gasteiger partial charge in [-0.3, -0.25) is 4.79 Å². The van der Waals surface area contributed by atoms with Gasteiger partial charge in [-0.15, -0.1) is 11.6 Å². The van der Waals surface area contributed by atoms with Crippen LogP contribution in [0.3, 0.4) is 0 Å². The Bertz CT molecular complexity index is 390. The number of carbonyl (C=O) groups excluding carboxylic acids is 1. The lowest BCUT2D eigenvalue weighted by atomic mass is 10.1. The molecule has 0 bridgehead atoms. The van der Waals surface area contributed by atoms with Gasteiger partial charge < -0.3 is 4.74 Å². The van der Waals surface area contributed by atoms with E-state index in [1.165, 1.54) is 12.1 Å². The van der Waals surface area contributed by atoms with E-state index in [1.54, 1.807) is 0 Å². The molecule has 0 saturated carbocycles. The summed E-state index contributed by atoms with van der Waals surface area (Å²) in [5.41, 5.74) is -0.789. The van der Waals surface area contributed by atoms with E-state index in [1.807, 2.05) is 0 Å². The first-order chi connectivity index (χ1) is 7.36. The molecular formula is C10H8ClF3O2. The van der Waals surface area contributed by atoms with Crippen molar-refractivity contribution in [2.45, 2.75) is 11.6 Å². The molecule has 6 heteroatoms. The molecule has 1 rings (SSSR count). The van der Waals surface area contributed by atoms with Crippen molar-refractivity contribution < 1.29 is 22.7 Å². The Balaban J connectivity index is 3.04. The van der Waals surface area contributed by atoms with Crippen LogP contribution in [0.25, 0.3) is 0 Å². The first-order valence-corrected chi connectivity index (χ1v) is 4.69. The monoisotopic (exact) mass is 252 g/mol. The summed E-state index contributed by atoms with van der Waals surface area (Å²) in [7, 11) is 1.12. The first kappa shape index (κ1) is 12.8. The summed E-state index contributed by atoms with van der Waals surface area (Å²) in [5.74, 6) is -0.791. The molecule has 2 nitrogen and oxygen atoms in total. The predicted molar refractivity (Wildman–Crippen MR) is 52.1 cm³/mol. The lowest BCUT2D eigenvalue weighted by Gasteiger charge is -2.11. The van der Waals surface area contributed by atoms with E-state index in [-0.39, 0.29) is 5.56 Å². The molecule has 0 aliphatic heterocycles. The van der Waals surface area contributed by atoms with Crippen molar-refractivity contribution in [1.29, 1.82) is 0 Å². The molecule has 0 N–H and O–H groups in total. The second-order valence-electron chi connectivity index (χ2n) is 3.01. The molecule has 16 heavy (non-hydrogen) atoms. The molecule has 0 heterocycles. The number of methoxy groups -OCH3 is 1. The van der Waals surface area contributed by atoms with Gasteiger partial charge in [0.2, 0.25) is 0 Å². The lowest BCUT2D eigenvalue weighted by molar-refractivity contribution is -0.141. The molecule has 0 unspecified atom stereocenters. The largest absolute Gasteiger partial charge is 0.468 e. The quantitative estimate of drug-likeness (QED) is 0.597. The normalized spacial score (nSPS) is 13.3. The van der Waals surface area contributed by atoms with Gasteiger partial charge in [0, 0.05) is 0 Å². The van der Waals surface area contributed by atoms with Crippen molar-refractivity contribution in [2.75, 3.05) is 7.11 Å². The Morgan fingerprint density at radius 1 is 1.44 bits per heavy atom. The van der Waals surface area contributed by atoms with Crippen LogP contribution in [-0.4, -0.2) is 13.1 Å². The Morgan fingerprint density at radius 2 is 2.06 bits per heavy atom. The van der Waals surface area contributed by atoms with Crippen molar-refractivity contribution in [2.24, 2.45) is 0 Å². The second kappa shape index (κ2) is 4.74. The number of benzene rings is 1. The minimum Gasteiger partial charge on any atom is -0.468 e. The highest BCUT2D eigenvalue weighted by atomic mass is 35.5. The van der Waals surface area contributed by atoms with Gasteiger partial charge >= 0.3 is 12.1 Å². The lowest BCUT2D eigenvalue weighted by Crippen LogP contribution is -2.11. The maximum absolute atomic E-state index is 12.4. The molecular weight excluding hydrogens is 245 g/mol. The van der Waals surface area contributed by atoms with E-state index in [2.05, 4.69) is 4.74 Å². The summed E-state index contributed by atoms with van der Waals surface area (Å²) in [5, 5.41) is -1.23. The zero-order valence-corrected chi connectivity index (χ0v) is 8.97. The maximum Gasteiger partial charge on any atom is 0.416 e. The van der Waals surface area contributed by atoms with Crippen LogP contribution in [0, 0.1) is 0 Å². The predicted octanol–water partition coefficient (Wildman–Crippen LogP) is 3.16. The summed E-state index contributed by atoms with van der Waals surface area (Å²) < 4.78 is 41.4. The van der Waals surface area contributed by atoms with E-state index < -0.39 is 23.1 Å². The molecule has 0 saturated heterocycles. The number of hydrogen-bond acceptors (Lipinski definition) is 2. The molecule has 1 aromatic carbocycles. The number of halogens is 4. The number of ether oxygens (including phenoxy) is 1. The van der Waals surface area contributed by atoms with Crippen molar-refractivity contribution in [3.63, 3.8) is 0 Å². The zero-order valence-electron chi connectivity index (χ0n) is 8.22. The van der Waals surface area contributed by atoms with Gasteiger partial charge in [0.15, 0.2) is 5.38 Å². The fourth-order valence-corrected chi connectivity index (χ4v) is 1.34. The Labute approximate surface area is 95.0 Å². The highest BCUT2D eigenvalue weighted by Gasteiger charge is 2.31. The van der Waals surface area contributed by atoms with Gasteiger partial charge in [0.25, 0.3) is 0 Å². The van der Waals surface area contributed by atoms with E-state index in [4.69, 9.17) is 11.6 Å². The minimum absolute atomic E-state index is 0.0586. The molecule has 0 radical (unpaired) electrons. The third-order valence-corrected chi connectivity index (χ3v) is 2.34. The highest BCUT2D eigenvalue weighted by Crippen LogP contribution is 2.32. The molecule has 0 amide bonds. The van der Waals surface area contributed by atoms with Crippen LogP contribution >= 0.6 is 11.6 Å². The highest BCUT2D eigenvalue weighted by molar-refractivity contribution is 6.29. The number of hydrogen-bond donors (Lipinski definition) is 0. The van der Waals surface area contributed by atoms with Crippen LogP contribution in [0.2, 0.25) is 0 Å². The molecule has 0 fully saturated rings. The van der Waals surface area contributed by atoms with Crippen molar-refractivity contribution >= 4 is 17.6 Å². The summed E-state index contributed by atoms with van der Waals surface area (Å²) in [6.07, 6.45) is -4.46. The summed E-state index contributed by atoms with van der Waals surface area (Å²) in [4.78, 5) is 11.0. The van der Waals surface area contributed by atoms with Gasteiger partial charge in [-0.25, -0.2) is 0 Å². The smallest absolute Gasteiger partial charge is 0.416 e. The van der Waals surface area contributed by atoms with E-state index in [0.717, 1.165) is 19.2 Å². The molecule has 1 aromatic rings. The number of alkyl halides is 4. The van der Waals surface area contributed by atoms with Gasteiger partial charge in [-0.1, -0.05) is 12.1 Å². The zero-order chi connectivity index (χ0) is 12.3. The standard InChI is InChI=1S/C10H8ClF3O2/c1-16-9(15)8(11)6-3-2-4-7(5-6)10(12,13)14/h2-5,8H,1H3/t8-/m1/s1. The van der Waals surface area contributed by atoms with Crippen LogP contribution in [0.5, 0.6) is 0 Å². The van der Waals surface area contributed by atoms with Crippen LogP contribution in [0.15, 0.2) is 24.3 Å². The topological polar surface area (TPSA) is 26.3 Å². The third-order valence-electron chi connectivity index (χ3n) is 1.91. The van der Waals surface area contributed by atoms with Crippen molar-refractivity contribution in [3.8, 4) is 0 Å². The van der Waals surface area contributed by atoms with Crippen LogP contribution < -0.4 is 0 Å². The Kier molecular flexibility index (Phi) is 3.80. The third kappa shape index (κ3) is 2.88. The second-order valence-corrected chi connectivity index (χ2v) is 3.45. The number of esters is 1. The molecule has 0 aliphatic carbocycles. The van der Waals surface area contributed by atoms with Crippen LogP contribution in [-0.2, 0) is 15.7 Å². The van der Waals surface area contributed by atoms with E-state index >= 15 is 0 Å². The fourth-order valence-electron chi connectivity index (χ4n) is 1.11. The van der Waals surface area contributed by atoms with E-state index in [9.17, 15) is 18.0 Å².